The third-order valence-electron chi connectivity index (χ3n) is 2.74. The molecule has 5 heteroatoms. The minimum atomic E-state index is -3.42. The van der Waals surface area contributed by atoms with Gasteiger partial charge in [0.2, 0.25) is 10.0 Å². The second kappa shape index (κ2) is 4.53. The largest absolute Gasteiger partial charge is 0.392 e. The van der Waals surface area contributed by atoms with E-state index in [2.05, 4.69) is 0 Å². The van der Waals surface area contributed by atoms with Gasteiger partial charge in [-0.15, -0.1) is 0 Å². The summed E-state index contributed by atoms with van der Waals surface area (Å²) >= 11 is 0. The Bertz CT molecular complexity index is 444. The van der Waals surface area contributed by atoms with Crippen molar-refractivity contribution >= 4 is 10.0 Å². The molecule has 0 bridgehead atoms. The fraction of sp³-hybridized carbons (Fsp3) is 0.455. The minimum absolute atomic E-state index is 0.206. The van der Waals surface area contributed by atoms with E-state index >= 15 is 0 Å². The molecule has 1 saturated heterocycles. The number of rotatable bonds is 2. The number of benzene rings is 1. The number of nitrogens with zero attached hydrogens (tertiary/aromatic N) is 1. The lowest BCUT2D eigenvalue weighted by molar-refractivity contribution is 0.108. The second-order valence-corrected chi connectivity index (χ2v) is 5.91. The van der Waals surface area contributed by atoms with Gasteiger partial charge in [0, 0.05) is 13.1 Å². The van der Waals surface area contributed by atoms with E-state index in [1.54, 1.807) is 30.3 Å². The summed E-state index contributed by atoms with van der Waals surface area (Å²) < 4.78 is 25.7. The average molecular weight is 241 g/mol. The van der Waals surface area contributed by atoms with Gasteiger partial charge in [-0.3, -0.25) is 0 Å². The standard InChI is InChI=1S/C11H15NO3S/c13-10-5-4-8-12(9-10)16(14,15)11-6-2-1-3-7-11/h1-3,6-7,10,13H,4-5,8-9H2/t10-/m1/s1. The molecular formula is C11H15NO3S. The molecule has 1 aliphatic rings. The normalized spacial score (nSPS) is 23.2. The van der Waals surface area contributed by atoms with E-state index in [1.807, 2.05) is 0 Å². The van der Waals surface area contributed by atoms with Gasteiger partial charge in [0.1, 0.15) is 0 Å². The minimum Gasteiger partial charge on any atom is -0.392 e. The van der Waals surface area contributed by atoms with Crippen LogP contribution in [0.15, 0.2) is 35.2 Å². The first-order chi connectivity index (χ1) is 7.60. The Kier molecular flexibility index (Phi) is 3.28. The van der Waals surface area contributed by atoms with Crippen LogP contribution in [0.1, 0.15) is 12.8 Å². The molecule has 4 nitrogen and oxygen atoms in total. The number of aliphatic hydroxyl groups excluding tert-OH is 1. The quantitative estimate of drug-likeness (QED) is 0.834. The van der Waals surface area contributed by atoms with Crippen LogP contribution in [0.25, 0.3) is 0 Å². The zero-order chi connectivity index (χ0) is 11.6. The molecule has 1 heterocycles. The summed E-state index contributed by atoms with van der Waals surface area (Å²) in [4.78, 5) is 0.295. The molecular weight excluding hydrogens is 226 g/mol. The van der Waals surface area contributed by atoms with Crippen molar-refractivity contribution in [1.29, 1.82) is 0 Å². The maximum absolute atomic E-state index is 12.1. The molecule has 0 saturated carbocycles. The summed E-state index contributed by atoms with van der Waals surface area (Å²) in [6.07, 6.45) is 0.862. The van der Waals surface area contributed by atoms with Crippen molar-refractivity contribution in [3.63, 3.8) is 0 Å². The van der Waals surface area contributed by atoms with Gasteiger partial charge < -0.3 is 5.11 Å². The monoisotopic (exact) mass is 241 g/mol. The van der Waals surface area contributed by atoms with Crippen LogP contribution in [-0.2, 0) is 10.0 Å². The third kappa shape index (κ3) is 2.26. The summed E-state index contributed by atoms with van der Waals surface area (Å²) in [5.41, 5.74) is 0. The van der Waals surface area contributed by atoms with Gasteiger partial charge >= 0.3 is 0 Å². The van der Waals surface area contributed by atoms with E-state index in [-0.39, 0.29) is 6.54 Å². The van der Waals surface area contributed by atoms with Crippen LogP contribution in [0.3, 0.4) is 0 Å². The number of hydrogen-bond acceptors (Lipinski definition) is 3. The molecule has 2 rings (SSSR count). The van der Waals surface area contributed by atoms with Crippen molar-refractivity contribution in [1.82, 2.24) is 4.31 Å². The highest BCUT2D eigenvalue weighted by Gasteiger charge is 2.28. The van der Waals surface area contributed by atoms with E-state index in [1.165, 1.54) is 4.31 Å². The molecule has 1 aromatic carbocycles. The maximum atomic E-state index is 12.1. The molecule has 88 valence electrons. The highest BCUT2D eigenvalue weighted by atomic mass is 32.2. The van der Waals surface area contributed by atoms with Crippen LogP contribution in [0.2, 0.25) is 0 Å². The summed E-state index contributed by atoms with van der Waals surface area (Å²) in [7, 11) is -3.42. The van der Waals surface area contributed by atoms with E-state index in [9.17, 15) is 13.5 Å². The first kappa shape index (κ1) is 11.6. The molecule has 16 heavy (non-hydrogen) atoms. The second-order valence-electron chi connectivity index (χ2n) is 3.97. The fourth-order valence-electron chi connectivity index (χ4n) is 1.88. The van der Waals surface area contributed by atoms with E-state index in [4.69, 9.17) is 0 Å². The molecule has 0 radical (unpaired) electrons. The molecule has 0 aromatic heterocycles. The Hall–Kier alpha value is -0.910. The third-order valence-corrected chi connectivity index (χ3v) is 4.62. The van der Waals surface area contributed by atoms with Gasteiger partial charge in [-0.1, -0.05) is 18.2 Å². The van der Waals surface area contributed by atoms with Gasteiger partial charge in [0.05, 0.1) is 11.0 Å². The van der Waals surface area contributed by atoms with Gasteiger partial charge in [0.15, 0.2) is 0 Å². The Balaban J connectivity index is 2.26. The van der Waals surface area contributed by atoms with Crippen LogP contribution in [0.5, 0.6) is 0 Å². The van der Waals surface area contributed by atoms with Crippen LogP contribution < -0.4 is 0 Å². The van der Waals surface area contributed by atoms with Crippen LogP contribution in [0, 0.1) is 0 Å². The maximum Gasteiger partial charge on any atom is 0.243 e. The molecule has 1 N–H and O–H groups in total. The Morgan fingerprint density at radius 1 is 1.25 bits per heavy atom. The number of piperidine rings is 1. The van der Waals surface area contributed by atoms with Gasteiger partial charge in [0.25, 0.3) is 0 Å². The van der Waals surface area contributed by atoms with Crippen molar-refractivity contribution in [3.05, 3.63) is 30.3 Å². The van der Waals surface area contributed by atoms with Crippen molar-refractivity contribution in [3.8, 4) is 0 Å². The number of hydrogen-bond donors (Lipinski definition) is 1. The molecule has 1 aromatic rings. The lowest BCUT2D eigenvalue weighted by Crippen LogP contribution is -2.42. The molecule has 0 unspecified atom stereocenters. The number of sulfonamides is 1. The molecule has 0 amide bonds. The lowest BCUT2D eigenvalue weighted by atomic mass is 10.1. The average Bonchev–Trinajstić information content (AvgIpc) is 2.30. The van der Waals surface area contributed by atoms with Gasteiger partial charge in [-0.2, -0.15) is 4.31 Å². The Labute approximate surface area is 95.6 Å². The summed E-state index contributed by atoms with van der Waals surface area (Å²) in [6, 6.07) is 8.34. The van der Waals surface area contributed by atoms with Crippen molar-refractivity contribution in [2.45, 2.75) is 23.8 Å². The number of β-amino-alcohol motifs (C(OH)–C–C–N with tert-alkyl or cyclic N) is 1. The summed E-state index contributed by atoms with van der Waals surface area (Å²) in [5.74, 6) is 0. The zero-order valence-corrected chi connectivity index (χ0v) is 9.73. The Morgan fingerprint density at radius 3 is 2.56 bits per heavy atom. The van der Waals surface area contributed by atoms with Crippen molar-refractivity contribution in [2.75, 3.05) is 13.1 Å². The van der Waals surface area contributed by atoms with E-state index in [0.717, 1.165) is 0 Å². The van der Waals surface area contributed by atoms with Crippen molar-refractivity contribution < 1.29 is 13.5 Å². The zero-order valence-electron chi connectivity index (χ0n) is 8.91. The predicted molar refractivity (Wildman–Crippen MR) is 60.4 cm³/mol. The summed E-state index contributed by atoms with van der Waals surface area (Å²) in [5, 5.41) is 9.48. The molecule has 1 fully saturated rings. The topological polar surface area (TPSA) is 57.6 Å². The first-order valence-corrected chi connectivity index (χ1v) is 6.78. The SMILES string of the molecule is O=S(=O)(c1ccccc1)N1CCC[C@@H](O)C1. The smallest absolute Gasteiger partial charge is 0.243 e. The van der Waals surface area contributed by atoms with Crippen LogP contribution in [0.4, 0.5) is 0 Å². The van der Waals surface area contributed by atoms with Crippen molar-refractivity contribution in [2.24, 2.45) is 0 Å². The van der Waals surface area contributed by atoms with E-state index < -0.39 is 16.1 Å². The number of aliphatic hydroxyl groups is 1. The van der Waals surface area contributed by atoms with Gasteiger partial charge in [-0.05, 0) is 25.0 Å². The predicted octanol–water partition coefficient (Wildman–Crippen LogP) is 0.832. The van der Waals surface area contributed by atoms with E-state index in [0.29, 0.717) is 24.3 Å². The fourth-order valence-corrected chi connectivity index (χ4v) is 3.42. The molecule has 0 aliphatic carbocycles. The van der Waals surface area contributed by atoms with Crippen LogP contribution in [-0.4, -0.2) is 37.0 Å². The Morgan fingerprint density at radius 2 is 1.94 bits per heavy atom. The lowest BCUT2D eigenvalue weighted by Gasteiger charge is -2.29. The highest BCUT2D eigenvalue weighted by Crippen LogP contribution is 2.20. The summed E-state index contributed by atoms with van der Waals surface area (Å²) in [6.45, 7) is 0.700. The van der Waals surface area contributed by atoms with Crippen LogP contribution >= 0.6 is 0 Å². The first-order valence-electron chi connectivity index (χ1n) is 5.34. The molecule has 1 aliphatic heterocycles. The molecule has 1 atom stereocenters. The highest BCUT2D eigenvalue weighted by molar-refractivity contribution is 7.89. The molecule has 0 spiro atoms. The van der Waals surface area contributed by atoms with Gasteiger partial charge in [-0.25, -0.2) is 8.42 Å².